The molecule has 0 radical (unpaired) electrons. The fraction of sp³-hybridized carbons (Fsp3) is 0.111. The summed E-state index contributed by atoms with van der Waals surface area (Å²) in [6.07, 6.45) is 0. The van der Waals surface area contributed by atoms with Crippen LogP contribution in [0.4, 0.5) is 0 Å². The van der Waals surface area contributed by atoms with Crippen LogP contribution >= 0.6 is 0 Å². The minimum Gasteiger partial charge on any atom is -0.478 e. The highest BCUT2D eigenvalue weighted by Gasteiger charge is 2.05. The third-order valence-corrected chi connectivity index (χ3v) is 1.55. The Morgan fingerprint density at radius 1 is 1.46 bits per heavy atom. The molecule has 0 aliphatic rings. The zero-order chi connectivity index (χ0) is 9.84. The van der Waals surface area contributed by atoms with Crippen molar-refractivity contribution in [1.82, 2.24) is 0 Å². The Kier molecular flexibility index (Phi) is 2.62. The summed E-state index contributed by atoms with van der Waals surface area (Å²) in [6, 6.07) is 5.88. The number of benzene rings is 1. The average Bonchev–Trinajstić information content (AvgIpc) is 2.16. The number of carbonyl (C=O) groups is 1. The SMILES string of the molecule is N#Cc1cc(CO)cc(C(=O)O)c1. The summed E-state index contributed by atoms with van der Waals surface area (Å²) < 4.78 is 0. The van der Waals surface area contributed by atoms with E-state index in [0.29, 0.717) is 5.56 Å². The normalized spacial score (nSPS) is 9.23. The number of hydrogen-bond donors (Lipinski definition) is 2. The third-order valence-electron chi connectivity index (χ3n) is 1.55. The second-order valence-corrected chi connectivity index (χ2v) is 2.49. The van der Waals surface area contributed by atoms with Crippen molar-refractivity contribution < 1.29 is 15.0 Å². The van der Waals surface area contributed by atoms with Gasteiger partial charge in [-0.3, -0.25) is 0 Å². The van der Waals surface area contributed by atoms with E-state index < -0.39 is 5.97 Å². The molecule has 0 saturated heterocycles. The molecule has 0 aliphatic carbocycles. The fourth-order valence-electron chi connectivity index (χ4n) is 0.971. The maximum absolute atomic E-state index is 10.5. The molecule has 0 unspecified atom stereocenters. The van der Waals surface area contributed by atoms with Gasteiger partial charge in [-0.05, 0) is 23.8 Å². The van der Waals surface area contributed by atoms with Gasteiger partial charge in [0.15, 0.2) is 0 Å². The second kappa shape index (κ2) is 3.70. The van der Waals surface area contributed by atoms with Crippen LogP contribution in [0.5, 0.6) is 0 Å². The monoisotopic (exact) mass is 177 g/mol. The van der Waals surface area contributed by atoms with Crippen molar-refractivity contribution in [3.8, 4) is 6.07 Å². The first-order chi connectivity index (χ1) is 6.17. The minimum atomic E-state index is -1.10. The number of aliphatic hydroxyl groups excluding tert-OH is 1. The highest BCUT2D eigenvalue weighted by atomic mass is 16.4. The fourth-order valence-corrected chi connectivity index (χ4v) is 0.971. The van der Waals surface area contributed by atoms with E-state index in [-0.39, 0.29) is 17.7 Å². The van der Waals surface area contributed by atoms with E-state index >= 15 is 0 Å². The van der Waals surface area contributed by atoms with Crippen molar-refractivity contribution in [3.05, 3.63) is 34.9 Å². The number of aliphatic hydroxyl groups is 1. The maximum atomic E-state index is 10.5. The topological polar surface area (TPSA) is 81.3 Å². The third kappa shape index (κ3) is 2.04. The Morgan fingerprint density at radius 3 is 2.62 bits per heavy atom. The van der Waals surface area contributed by atoms with Gasteiger partial charge in [0.25, 0.3) is 0 Å². The molecule has 0 fully saturated rings. The van der Waals surface area contributed by atoms with Gasteiger partial charge in [0, 0.05) is 0 Å². The Morgan fingerprint density at radius 2 is 2.15 bits per heavy atom. The van der Waals surface area contributed by atoms with Crippen molar-refractivity contribution in [2.75, 3.05) is 0 Å². The smallest absolute Gasteiger partial charge is 0.335 e. The second-order valence-electron chi connectivity index (χ2n) is 2.49. The lowest BCUT2D eigenvalue weighted by atomic mass is 10.1. The quantitative estimate of drug-likeness (QED) is 0.698. The number of carboxylic acid groups (broad SMARTS) is 1. The lowest BCUT2D eigenvalue weighted by molar-refractivity contribution is 0.0696. The highest BCUT2D eigenvalue weighted by molar-refractivity contribution is 5.88. The van der Waals surface area contributed by atoms with E-state index in [2.05, 4.69) is 0 Å². The van der Waals surface area contributed by atoms with Crippen molar-refractivity contribution in [1.29, 1.82) is 5.26 Å². The highest BCUT2D eigenvalue weighted by Crippen LogP contribution is 2.09. The van der Waals surface area contributed by atoms with Crippen LogP contribution in [0, 0.1) is 11.3 Å². The van der Waals surface area contributed by atoms with E-state index in [1.165, 1.54) is 18.2 Å². The molecule has 1 aromatic rings. The zero-order valence-electron chi connectivity index (χ0n) is 6.69. The Bertz CT molecular complexity index is 379. The standard InChI is InChI=1S/C9H7NO3/c10-4-6-1-7(5-11)3-8(2-6)9(12)13/h1-3,11H,5H2,(H,12,13). The van der Waals surface area contributed by atoms with Gasteiger partial charge in [0.05, 0.1) is 23.8 Å². The van der Waals surface area contributed by atoms with Gasteiger partial charge in [-0.1, -0.05) is 0 Å². The first kappa shape index (κ1) is 9.23. The van der Waals surface area contributed by atoms with Crippen molar-refractivity contribution in [2.24, 2.45) is 0 Å². The van der Waals surface area contributed by atoms with Crippen LogP contribution in [0.1, 0.15) is 21.5 Å². The molecule has 0 atom stereocenters. The van der Waals surface area contributed by atoms with Gasteiger partial charge >= 0.3 is 5.97 Å². The van der Waals surface area contributed by atoms with Gasteiger partial charge in [0.1, 0.15) is 0 Å². The zero-order valence-corrected chi connectivity index (χ0v) is 6.69. The molecule has 0 heterocycles. The number of carboxylic acids is 1. The predicted molar refractivity (Wildman–Crippen MR) is 44.0 cm³/mol. The molecule has 4 nitrogen and oxygen atoms in total. The lowest BCUT2D eigenvalue weighted by Crippen LogP contribution is -1.98. The Labute approximate surface area is 74.7 Å². The van der Waals surface area contributed by atoms with E-state index in [0.717, 1.165) is 0 Å². The maximum Gasteiger partial charge on any atom is 0.335 e. The average molecular weight is 177 g/mol. The number of nitrogens with zero attached hydrogens (tertiary/aromatic N) is 1. The van der Waals surface area contributed by atoms with Crippen LogP contribution in [-0.2, 0) is 6.61 Å². The number of rotatable bonds is 2. The van der Waals surface area contributed by atoms with Gasteiger partial charge in [-0.15, -0.1) is 0 Å². The largest absolute Gasteiger partial charge is 0.478 e. The predicted octanol–water partition coefficient (Wildman–Crippen LogP) is 0.749. The molecule has 0 spiro atoms. The van der Waals surface area contributed by atoms with Crippen LogP contribution in [0.15, 0.2) is 18.2 Å². The number of hydrogen-bond acceptors (Lipinski definition) is 3. The van der Waals surface area contributed by atoms with Crippen molar-refractivity contribution >= 4 is 5.97 Å². The van der Waals surface area contributed by atoms with Crippen LogP contribution in [0.2, 0.25) is 0 Å². The molecule has 0 saturated carbocycles. The molecule has 1 aromatic carbocycles. The molecule has 4 heteroatoms. The van der Waals surface area contributed by atoms with Crippen LogP contribution in [0.3, 0.4) is 0 Å². The molecular weight excluding hydrogens is 170 g/mol. The Balaban J connectivity index is 3.24. The van der Waals surface area contributed by atoms with Crippen LogP contribution in [-0.4, -0.2) is 16.2 Å². The molecule has 0 bridgehead atoms. The van der Waals surface area contributed by atoms with E-state index in [4.69, 9.17) is 15.5 Å². The van der Waals surface area contributed by atoms with Crippen molar-refractivity contribution in [3.63, 3.8) is 0 Å². The summed E-state index contributed by atoms with van der Waals surface area (Å²) >= 11 is 0. The molecule has 13 heavy (non-hydrogen) atoms. The Hall–Kier alpha value is -1.86. The van der Waals surface area contributed by atoms with Gasteiger partial charge in [-0.25, -0.2) is 4.79 Å². The summed E-state index contributed by atoms with van der Waals surface area (Å²) in [5, 5.41) is 25.9. The molecule has 1 rings (SSSR count). The van der Waals surface area contributed by atoms with E-state index in [1.807, 2.05) is 6.07 Å². The summed E-state index contributed by atoms with van der Waals surface area (Å²) in [4.78, 5) is 10.5. The first-order valence-corrected chi connectivity index (χ1v) is 3.55. The molecule has 66 valence electrons. The van der Waals surface area contributed by atoms with Crippen LogP contribution in [0.25, 0.3) is 0 Å². The molecule has 0 amide bonds. The minimum absolute atomic E-state index is 0.0168. The summed E-state index contributed by atoms with van der Waals surface area (Å²) in [5.74, 6) is -1.10. The summed E-state index contributed by atoms with van der Waals surface area (Å²) in [7, 11) is 0. The summed E-state index contributed by atoms with van der Waals surface area (Å²) in [5.41, 5.74) is 0.684. The van der Waals surface area contributed by atoms with Gasteiger partial charge < -0.3 is 10.2 Å². The molecular formula is C9H7NO3. The van der Waals surface area contributed by atoms with Gasteiger partial charge in [-0.2, -0.15) is 5.26 Å². The molecule has 0 aliphatic heterocycles. The van der Waals surface area contributed by atoms with Crippen molar-refractivity contribution in [2.45, 2.75) is 6.61 Å². The van der Waals surface area contributed by atoms with E-state index in [1.54, 1.807) is 0 Å². The number of aromatic carboxylic acids is 1. The summed E-state index contributed by atoms with van der Waals surface area (Å²) in [6.45, 7) is -0.268. The first-order valence-electron chi connectivity index (χ1n) is 3.55. The van der Waals surface area contributed by atoms with Crippen LogP contribution < -0.4 is 0 Å². The van der Waals surface area contributed by atoms with E-state index in [9.17, 15) is 4.79 Å². The molecule has 0 aromatic heterocycles. The lowest BCUT2D eigenvalue weighted by Gasteiger charge is -1.99. The van der Waals surface area contributed by atoms with Gasteiger partial charge in [0.2, 0.25) is 0 Å². The molecule has 2 N–H and O–H groups in total. The number of nitriles is 1.